The first-order valence-corrected chi connectivity index (χ1v) is 7.40. The van der Waals surface area contributed by atoms with Gasteiger partial charge in [-0.15, -0.1) is 0 Å². The maximum Gasteiger partial charge on any atom is 0.276 e. The summed E-state index contributed by atoms with van der Waals surface area (Å²) in [6.07, 6.45) is 2.14. The Hall–Kier alpha value is -2.65. The fourth-order valence-electron chi connectivity index (χ4n) is 1.73. The summed E-state index contributed by atoms with van der Waals surface area (Å²) in [7, 11) is 1.42. The van der Waals surface area contributed by atoms with Gasteiger partial charge in [-0.3, -0.25) is 19.8 Å². The van der Waals surface area contributed by atoms with Gasteiger partial charge in [0, 0.05) is 17.7 Å². The van der Waals surface area contributed by atoms with Gasteiger partial charge in [0.25, 0.3) is 11.8 Å². The van der Waals surface area contributed by atoms with Gasteiger partial charge in [-0.1, -0.05) is 12.1 Å². The van der Waals surface area contributed by atoms with Crippen molar-refractivity contribution < 1.29 is 19.2 Å². The highest BCUT2D eigenvalue weighted by Crippen LogP contribution is 2.17. The van der Waals surface area contributed by atoms with Gasteiger partial charge in [0.05, 0.1) is 17.3 Å². The van der Waals surface area contributed by atoms with Crippen LogP contribution in [0.4, 0.5) is 4.39 Å². The average Bonchev–Trinajstić information content (AvgIpc) is 2.59. The van der Waals surface area contributed by atoms with Crippen LogP contribution in [0.3, 0.4) is 0 Å². The third kappa shape index (κ3) is 4.00. The number of hydroxylamine groups is 1. The molecule has 0 bridgehead atoms. The maximum absolute atomic E-state index is 13.9. The fraction of sp³-hybridized carbons (Fsp3) is 0.0667. The molecule has 7 nitrogen and oxygen atoms in total. The van der Waals surface area contributed by atoms with E-state index in [1.54, 1.807) is 24.3 Å². The Morgan fingerprint density at radius 1 is 1.42 bits per heavy atom. The normalized spacial score (nSPS) is 10.7. The van der Waals surface area contributed by atoms with Gasteiger partial charge >= 0.3 is 0 Å². The quantitative estimate of drug-likeness (QED) is 0.472. The van der Waals surface area contributed by atoms with Crippen molar-refractivity contribution in [1.82, 2.24) is 15.5 Å². The molecule has 1 aromatic carbocycles. The summed E-state index contributed by atoms with van der Waals surface area (Å²) in [5.74, 6) is -2.09. The topological polar surface area (TPSA) is 94.9 Å². The molecule has 0 saturated carbocycles. The summed E-state index contributed by atoms with van der Waals surface area (Å²) >= 11 is 3.27. The first kappa shape index (κ1) is 17.7. The molecule has 2 rings (SSSR count). The number of rotatable bonds is 4. The van der Waals surface area contributed by atoms with E-state index in [0.717, 1.165) is 23.5 Å². The van der Waals surface area contributed by atoms with Gasteiger partial charge in [0.15, 0.2) is 5.82 Å². The molecule has 0 unspecified atom stereocenters. The van der Waals surface area contributed by atoms with Gasteiger partial charge in [-0.25, -0.2) is 14.9 Å². The van der Waals surface area contributed by atoms with Crippen molar-refractivity contribution in [3.05, 3.63) is 63.6 Å². The molecule has 0 spiro atoms. The average molecular weight is 395 g/mol. The van der Waals surface area contributed by atoms with Crippen LogP contribution in [-0.4, -0.2) is 40.3 Å². The zero-order valence-electron chi connectivity index (χ0n) is 12.4. The number of benzene rings is 1. The van der Waals surface area contributed by atoms with Crippen LogP contribution in [-0.2, 0) is 0 Å². The number of aromatic nitrogens is 1. The summed E-state index contributed by atoms with van der Waals surface area (Å²) in [5.41, 5.74) is 1.48. The van der Waals surface area contributed by atoms with E-state index in [2.05, 4.69) is 26.0 Å². The van der Waals surface area contributed by atoms with Crippen LogP contribution in [0.2, 0.25) is 0 Å². The minimum atomic E-state index is -0.883. The van der Waals surface area contributed by atoms with E-state index in [-0.39, 0.29) is 11.3 Å². The first-order valence-electron chi connectivity index (χ1n) is 6.60. The van der Waals surface area contributed by atoms with Crippen LogP contribution in [0.15, 0.2) is 46.1 Å². The standard InChI is InChI=1S/C15H12BrFN4O3/c1-21(15(23)10-4-2-3-5-11(10)16)19-8-13-12(17)6-9(7-18-13)14(22)20-24/h2-8,24H,1H3,(H,20,22). The van der Waals surface area contributed by atoms with Gasteiger partial charge in [0.1, 0.15) is 5.69 Å². The van der Waals surface area contributed by atoms with Crippen molar-refractivity contribution >= 4 is 34.0 Å². The lowest BCUT2D eigenvalue weighted by atomic mass is 10.2. The third-order valence-electron chi connectivity index (χ3n) is 2.98. The molecule has 2 amide bonds. The molecule has 0 fully saturated rings. The Bertz CT molecular complexity index is 813. The van der Waals surface area contributed by atoms with Gasteiger partial charge < -0.3 is 0 Å². The van der Waals surface area contributed by atoms with Crippen LogP contribution in [0.5, 0.6) is 0 Å². The predicted molar refractivity (Wildman–Crippen MR) is 87.3 cm³/mol. The molecule has 0 saturated heterocycles. The van der Waals surface area contributed by atoms with Crippen LogP contribution in [0.25, 0.3) is 0 Å². The Morgan fingerprint density at radius 2 is 2.12 bits per heavy atom. The number of hydrazone groups is 1. The van der Waals surface area contributed by atoms with Crippen LogP contribution >= 0.6 is 15.9 Å². The smallest absolute Gasteiger partial charge is 0.276 e. The number of carbonyl (C=O) groups excluding carboxylic acids is 2. The minimum absolute atomic E-state index is 0.148. The van der Waals surface area contributed by atoms with E-state index >= 15 is 0 Å². The lowest BCUT2D eigenvalue weighted by Gasteiger charge is -2.11. The molecule has 9 heteroatoms. The predicted octanol–water partition coefficient (Wildman–Crippen LogP) is 2.21. The number of hydrogen-bond acceptors (Lipinski definition) is 5. The monoisotopic (exact) mass is 394 g/mol. The highest BCUT2D eigenvalue weighted by Gasteiger charge is 2.14. The van der Waals surface area contributed by atoms with E-state index in [0.29, 0.717) is 10.0 Å². The summed E-state index contributed by atoms with van der Waals surface area (Å²) in [6, 6.07) is 7.72. The first-order chi connectivity index (χ1) is 11.4. The Balaban J connectivity index is 2.17. The second-order valence-electron chi connectivity index (χ2n) is 4.59. The summed E-state index contributed by atoms with van der Waals surface area (Å²) < 4.78 is 14.5. The number of hydrogen-bond donors (Lipinski definition) is 2. The highest BCUT2D eigenvalue weighted by molar-refractivity contribution is 9.10. The largest absolute Gasteiger partial charge is 0.288 e. The number of carbonyl (C=O) groups is 2. The van der Waals surface area contributed by atoms with E-state index in [1.165, 1.54) is 12.5 Å². The van der Waals surface area contributed by atoms with Crippen molar-refractivity contribution in [2.75, 3.05) is 7.05 Å². The molecule has 2 aromatic rings. The number of pyridine rings is 1. The van der Waals surface area contributed by atoms with E-state index in [1.807, 2.05) is 0 Å². The summed E-state index contributed by atoms with van der Waals surface area (Å²) in [4.78, 5) is 27.1. The van der Waals surface area contributed by atoms with Gasteiger partial charge in [0.2, 0.25) is 0 Å². The van der Waals surface area contributed by atoms with Gasteiger partial charge in [-0.2, -0.15) is 5.10 Å². The zero-order chi connectivity index (χ0) is 17.7. The molecule has 0 radical (unpaired) electrons. The Kier molecular flexibility index (Phi) is 5.72. The van der Waals surface area contributed by atoms with E-state index < -0.39 is 17.6 Å². The number of nitrogens with zero attached hydrogens (tertiary/aromatic N) is 3. The molecule has 0 aliphatic rings. The Labute approximate surface area is 144 Å². The van der Waals surface area contributed by atoms with Crippen molar-refractivity contribution in [2.24, 2.45) is 5.10 Å². The third-order valence-corrected chi connectivity index (χ3v) is 3.68. The van der Waals surface area contributed by atoms with Crippen molar-refractivity contribution in [1.29, 1.82) is 0 Å². The number of amides is 2. The van der Waals surface area contributed by atoms with Crippen molar-refractivity contribution in [3.63, 3.8) is 0 Å². The number of nitrogens with one attached hydrogen (secondary N) is 1. The fourth-order valence-corrected chi connectivity index (χ4v) is 2.19. The zero-order valence-corrected chi connectivity index (χ0v) is 14.0. The van der Waals surface area contributed by atoms with E-state index in [4.69, 9.17) is 5.21 Å². The summed E-state index contributed by atoms with van der Waals surface area (Å²) in [6.45, 7) is 0. The summed E-state index contributed by atoms with van der Waals surface area (Å²) in [5, 5.41) is 13.4. The molecule has 0 aliphatic heterocycles. The molecule has 0 atom stereocenters. The molecule has 2 N–H and O–H groups in total. The van der Waals surface area contributed by atoms with Gasteiger partial charge in [-0.05, 0) is 34.1 Å². The maximum atomic E-state index is 13.9. The molecular formula is C15H12BrFN4O3. The highest BCUT2D eigenvalue weighted by atomic mass is 79.9. The second kappa shape index (κ2) is 7.75. The SMILES string of the molecule is CN(N=Cc1ncc(C(=O)NO)cc1F)C(=O)c1ccccc1Br. The van der Waals surface area contributed by atoms with Crippen LogP contribution in [0.1, 0.15) is 26.4 Å². The molecule has 1 aromatic heterocycles. The minimum Gasteiger partial charge on any atom is -0.288 e. The van der Waals surface area contributed by atoms with E-state index in [9.17, 15) is 14.0 Å². The Morgan fingerprint density at radius 3 is 2.75 bits per heavy atom. The molecule has 0 aliphatic carbocycles. The second-order valence-corrected chi connectivity index (χ2v) is 5.44. The van der Waals surface area contributed by atoms with Crippen LogP contribution in [0, 0.1) is 5.82 Å². The molecule has 1 heterocycles. The van der Waals surface area contributed by atoms with Crippen LogP contribution < -0.4 is 5.48 Å². The lowest BCUT2D eigenvalue weighted by Crippen LogP contribution is -2.22. The lowest BCUT2D eigenvalue weighted by molar-refractivity contribution is 0.0705. The van der Waals surface area contributed by atoms with Crippen molar-refractivity contribution in [3.8, 4) is 0 Å². The van der Waals surface area contributed by atoms with Crippen molar-refractivity contribution in [2.45, 2.75) is 0 Å². The number of halogens is 2. The molecule has 124 valence electrons. The molecular weight excluding hydrogens is 383 g/mol. The molecule has 24 heavy (non-hydrogen) atoms.